The van der Waals surface area contributed by atoms with Crippen LogP contribution in [-0.2, 0) is 0 Å². The Morgan fingerprint density at radius 3 is 2.52 bits per heavy atom. The van der Waals surface area contributed by atoms with Crippen molar-refractivity contribution in [3.05, 3.63) is 77.5 Å². The lowest BCUT2D eigenvalue weighted by molar-refractivity contribution is 0.247. The monoisotopic (exact) mass is 407 g/mol. The molecule has 6 nitrogen and oxygen atoms in total. The topological polar surface area (TPSA) is 66.2 Å². The van der Waals surface area contributed by atoms with Gasteiger partial charge >= 0.3 is 0 Å². The number of nitrogens with one attached hydrogen (secondary N) is 1. The third kappa shape index (κ3) is 3.63. The number of aliphatic hydroxyl groups is 1. The van der Waals surface area contributed by atoms with E-state index < -0.39 is 0 Å². The second-order valence-corrected chi connectivity index (χ2v) is 7.63. The first-order valence-electron chi connectivity index (χ1n) is 9.81. The van der Waals surface area contributed by atoms with Gasteiger partial charge in [0.25, 0.3) is 0 Å². The molecule has 4 heterocycles. The molecule has 2 N–H and O–H groups in total. The fraction of sp³-hybridized carbons (Fsp3) is 0.318. The number of nitrogens with zero attached hydrogens (tertiary/aromatic N) is 4. The maximum atomic E-state index is 9.39. The number of hydrogen-bond donors (Lipinski definition) is 2. The number of aliphatic hydroxyl groups excluding tert-OH is 1. The van der Waals surface area contributed by atoms with E-state index in [1.165, 1.54) is 5.56 Å². The quantitative estimate of drug-likeness (QED) is 0.612. The molecule has 1 aliphatic heterocycles. The summed E-state index contributed by atoms with van der Waals surface area (Å²) in [5.41, 5.74) is 4.40. The molecule has 0 unspecified atom stereocenters. The Bertz CT molecular complexity index is 989. The Kier molecular flexibility index (Phi) is 5.60. The number of aryl methyl sites for hydroxylation is 1. The Morgan fingerprint density at radius 1 is 1.10 bits per heavy atom. The van der Waals surface area contributed by atoms with Crippen LogP contribution < -0.4 is 5.32 Å². The molecule has 0 amide bonds. The lowest BCUT2D eigenvalue weighted by Gasteiger charge is -2.28. The Balaban J connectivity index is 1.81. The van der Waals surface area contributed by atoms with Crippen molar-refractivity contribution in [2.75, 3.05) is 13.2 Å². The normalized spacial score (nSPS) is 18.9. The van der Waals surface area contributed by atoms with Gasteiger partial charge in [-0.05, 0) is 68.4 Å². The maximum absolute atomic E-state index is 9.39. The molecule has 0 aromatic carbocycles. The Hall–Kier alpha value is -2.77. The van der Waals surface area contributed by atoms with Crippen LogP contribution in [0.15, 0.2) is 54.9 Å². The predicted molar refractivity (Wildman–Crippen MR) is 117 cm³/mol. The van der Waals surface area contributed by atoms with Crippen molar-refractivity contribution in [3.8, 4) is 5.82 Å². The molecule has 2 atom stereocenters. The summed E-state index contributed by atoms with van der Waals surface area (Å²) in [6.45, 7) is 5.04. The number of pyridine rings is 2. The summed E-state index contributed by atoms with van der Waals surface area (Å²) in [5.74, 6) is 0.901. The van der Waals surface area contributed by atoms with Gasteiger partial charge in [-0.2, -0.15) is 0 Å². The van der Waals surface area contributed by atoms with Crippen LogP contribution in [0.3, 0.4) is 0 Å². The van der Waals surface area contributed by atoms with E-state index in [2.05, 4.69) is 44.7 Å². The van der Waals surface area contributed by atoms with E-state index in [0.717, 1.165) is 22.9 Å². The summed E-state index contributed by atoms with van der Waals surface area (Å²) in [4.78, 5) is 11.3. The minimum absolute atomic E-state index is 0.00684. The number of thiocarbonyl (C=S) groups is 1. The molecule has 0 saturated carbocycles. The molecule has 150 valence electrons. The SMILES string of the molecule is Cc1cc([C@H]2[C@@H](c3ccccn3)NC(=S)N2CCCO)c(C)n1-c1ccccn1. The first-order valence-corrected chi connectivity index (χ1v) is 10.2. The number of rotatable bonds is 6. The molecular formula is C22H25N5OS. The minimum atomic E-state index is -0.0555. The molecule has 7 heteroatoms. The van der Waals surface area contributed by atoms with Crippen molar-refractivity contribution in [3.63, 3.8) is 0 Å². The summed E-state index contributed by atoms with van der Waals surface area (Å²) < 4.78 is 2.18. The van der Waals surface area contributed by atoms with Crippen molar-refractivity contribution in [2.45, 2.75) is 32.4 Å². The molecule has 29 heavy (non-hydrogen) atoms. The van der Waals surface area contributed by atoms with Gasteiger partial charge in [0.1, 0.15) is 5.82 Å². The molecule has 0 spiro atoms. The lowest BCUT2D eigenvalue weighted by atomic mass is 9.96. The van der Waals surface area contributed by atoms with Gasteiger partial charge in [0.2, 0.25) is 0 Å². The smallest absolute Gasteiger partial charge is 0.170 e. The van der Waals surface area contributed by atoms with E-state index >= 15 is 0 Å². The second kappa shape index (κ2) is 8.31. The van der Waals surface area contributed by atoms with E-state index in [9.17, 15) is 5.11 Å². The van der Waals surface area contributed by atoms with Crippen LogP contribution in [-0.4, -0.2) is 42.8 Å². The molecule has 0 bridgehead atoms. The van der Waals surface area contributed by atoms with Crippen LogP contribution in [0.4, 0.5) is 0 Å². The molecule has 3 aromatic heterocycles. The summed E-state index contributed by atoms with van der Waals surface area (Å²) >= 11 is 5.67. The molecule has 1 fully saturated rings. The average Bonchev–Trinajstić information content (AvgIpc) is 3.23. The average molecular weight is 408 g/mol. The van der Waals surface area contributed by atoms with Crippen LogP contribution in [0.5, 0.6) is 0 Å². The van der Waals surface area contributed by atoms with Crippen molar-refractivity contribution < 1.29 is 5.11 Å². The minimum Gasteiger partial charge on any atom is -0.396 e. The van der Waals surface area contributed by atoms with Gasteiger partial charge in [-0.25, -0.2) is 4.98 Å². The highest BCUT2D eigenvalue weighted by molar-refractivity contribution is 7.80. The zero-order valence-corrected chi connectivity index (χ0v) is 17.4. The van der Waals surface area contributed by atoms with E-state index in [0.29, 0.717) is 18.1 Å². The van der Waals surface area contributed by atoms with Crippen LogP contribution in [0.2, 0.25) is 0 Å². The van der Waals surface area contributed by atoms with E-state index in [4.69, 9.17) is 12.2 Å². The van der Waals surface area contributed by atoms with Crippen LogP contribution in [0.25, 0.3) is 5.82 Å². The maximum Gasteiger partial charge on any atom is 0.170 e. The van der Waals surface area contributed by atoms with E-state index in [-0.39, 0.29) is 18.7 Å². The summed E-state index contributed by atoms with van der Waals surface area (Å²) in [6, 6.07) is 14.0. The fourth-order valence-electron chi connectivity index (χ4n) is 4.15. The van der Waals surface area contributed by atoms with Gasteiger partial charge < -0.3 is 19.9 Å². The zero-order valence-electron chi connectivity index (χ0n) is 16.6. The Morgan fingerprint density at radius 2 is 1.86 bits per heavy atom. The molecule has 0 radical (unpaired) electrons. The molecular weight excluding hydrogens is 382 g/mol. The lowest BCUT2D eigenvalue weighted by Crippen LogP contribution is -2.31. The van der Waals surface area contributed by atoms with Crippen LogP contribution in [0, 0.1) is 13.8 Å². The molecule has 0 aliphatic carbocycles. The predicted octanol–water partition coefficient (Wildman–Crippen LogP) is 3.24. The highest BCUT2D eigenvalue weighted by Gasteiger charge is 2.41. The molecule has 1 aliphatic rings. The first-order chi connectivity index (χ1) is 14.1. The van der Waals surface area contributed by atoms with Gasteiger partial charge in [-0.15, -0.1) is 0 Å². The fourth-order valence-corrected chi connectivity index (χ4v) is 4.48. The van der Waals surface area contributed by atoms with Gasteiger partial charge in [-0.3, -0.25) is 4.98 Å². The number of hydrogen-bond acceptors (Lipinski definition) is 4. The zero-order chi connectivity index (χ0) is 20.4. The van der Waals surface area contributed by atoms with Gasteiger partial charge in [0, 0.05) is 36.9 Å². The largest absolute Gasteiger partial charge is 0.396 e. The highest BCUT2D eigenvalue weighted by atomic mass is 32.1. The third-order valence-electron chi connectivity index (χ3n) is 5.42. The van der Waals surface area contributed by atoms with Crippen molar-refractivity contribution in [2.24, 2.45) is 0 Å². The van der Waals surface area contributed by atoms with Gasteiger partial charge in [0.05, 0.1) is 17.8 Å². The van der Waals surface area contributed by atoms with Gasteiger partial charge in [-0.1, -0.05) is 12.1 Å². The van der Waals surface area contributed by atoms with Crippen molar-refractivity contribution >= 4 is 17.3 Å². The summed E-state index contributed by atoms with van der Waals surface area (Å²) in [7, 11) is 0. The third-order valence-corrected chi connectivity index (χ3v) is 5.77. The van der Waals surface area contributed by atoms with E-state index in [1.54, 1.807) is 0 Å². The van der Waals surface area contributed by atoms with Gasteiger partial charge in [0.15, 0.2) is 5.11 Å². The van der Waals surface area contributed by atoms with Crippen molar-refractivity contribution in [1.82, 2.24) is 24.8 Å². The van der Waals surface area contributed by atoms with Crippen LogP contribution >= 0.6 is 12.2 Å². The molecule has 4 rings (SSSR count). The second-order valence-electron chi connectivity index (χ2n) is 7.25. The van der Waals surface area contributed by atoms with Crippen LogP contribution in [0.1, 0.15) is 41.1 Å². The standard InChI is InChI=1S/C22H25N5OS/c1-15-14-17(16(2)27(15)19-9-4-6-11-24-19)21-20(18-8-3-5-10-23-18)25-22(29)26(21)12-7-13-28/h3-6,8-11,14,20-21,28H,7,12-13H2,1-2H3,(H,25,29)/t20-,21+/m1/s1. The first kappa shape index (κ1) is 19.5. The summed E-state index contributed by atoms with van der Waals surface area (Å²) in [6.07, 6.45) is 4.28. The Labute approximate surface area is 176 Å². The molecule has 3 aromatic rings. The highest BCUT2D eigenvalue weighted by Crippen LogP contribution is 2.41. The number of aromatic nitrogens is 3. The van der Waals surface area contributed by atoms with E-state index in [1.807, 2.05) is 48.8 Å². The summed E-state index contributed by atoms with van der Waals surface area (Å²) in [5, 5.41) is 13.5. The molecule has 1 saturated heterocycles. The van der Waals surface area contributed by atoms with Crippen molar-refractivity contribution in [1.29, 1.82) is 0 Å².